The summed E-state index contributed by atoms with van der Waals surface area (Å²) < 4.78 is 0. The lowest BCUT2D eigenvalue weighted by Gasteiger charge is -2.42. The molecule has 0 bridgehead atoms. The minimum Gasteiger partial charge on any atom is -0.335 e. The van der Waals surface area contributed by atoms with Crippen LogP contribution in [0.4, 0.5) is 0 Å². The van der Waals surface area contributed by atoms with Crippen molar-refractivity contribution >= 4 is 28.3 Å². The van der Waals surface area contributed by atoms with E-state index in [2.05, 4.69) is 44.1 Å². The normalized spacial score (nSPS) is 14.6. The Hall–Kier alpha value is -2.36. The van der Waals surface area contributed by atoms with Crippen LogP contribution in [-0.2, 0) is 0 Å². The molecule has 4 heteroatoms. The third-order valence-corrected chi connectivity index (χ3v) is 5.75. The summed E-state index contributed by atoms with van der Waals surface area (Å²) >= 11 is 6.46. The molecule has 138 valence electrons. The number of likely N-dealkylation sites (tertiary alicyclic amines) is 1. The Bertz CT molecular complexity index is 1020. The molecule has 0 spiro atoms. The Kier molecular flexibility index (Phi) is 4.67. The van der Waals surface area contributed by atoms with Gasteiger partial charge in [0.25, 0.3) is 5.91 Å². The maximum Gasteiger partial charge on any atom is 0.253 e. The molecule has 1 aliphatic rings. The lowest BCUT2D eigenvalue weighted by molar-refractivity contribution is 0.0399. The number of benzene rings is 3. The van der Waals surface area contributed by atoms with E-state index in [1.165, 1.54) is 5.56 Å². The van der Waals surface area contributed by atoms with Crippen LogP contribution in [0, 0.1) is 6.92 Å². The van der Waals surface area contributed by atoms with Gasteiger partial charge in [-0.05, 0) is 61.6 Å². The summed E-state index contributed by atoms with van der Waals surface area (Å²) in [6, 6.07) is 18.7. The average molecular weight is 379 g/mol. The van der Waals surface area contributed by atoms with Gasteiger partial charge in [-0.2, -0.15) is 0 Å². The molecule has 0 aromatic heterocycles. The fourth-order valence-corrected chi connectivity index (χ4v) is 3.85. The van der Waals surface area contributed by atoms with E-state index in [-0.39, 0.29) is 5.91 Å². The topological polar surface area (TPSA) is 23.6 Å². The van der Waals surface area contributed by atoms with Crippen LogP contribution in [0.25, 0.3) is 21.9 Å². The lowest BCUT2D eigenvalue weighted by atomic mass is 9.95. The minimum atomic E-state index is 0.106. The molecule has 0 N–H and O–H groups in total. The SMILES string of the molecule is Cc1ccc(Cl)c(-c2cccc3cc(C(=O)N4CC(N(C)C)C4)ccc23)c1. The fraction of sp³-hybridized carbons (Fsp3) is 0.261. The molecule has 4 rings (SSSR count). The van der Waals surface area contributed by atoms with Crippen molar-refractivity contribution in [1.29, 1.82) is 0 Å². The van der Waals surface area contributed by atoms with Crippen molar-refractivity contribution in [3.05, 3.63) is 70.7 Å². The highest BCUT2D eigenvalue weighted by atomic mass is 35.5. The first-order chi connectivity index (χ1) is 12.9. The highest BCUT2D eigenvalue weighted by Gasteiger charge is 2.32. The van der Waals surface area contributed by atoms with Crippen LogP contribution in [0.15, 0.2) is 54.6 Å². The number of fused-ring (bicyclic) bond motifs is 1. The van der Waals surface area contributed by atoms with E-state index in [9.17, 15) is 4.79 Å². The van der Waals surface area contributed by atoms with E-state index >= 15 is 0 Å². The van der Waals surface area contributed by atoms with Crippen molar-refractivity contribution < 1.29 is 4.79 Å². The number of nitrogens with zero attached hydrogens (tertiary/aromatic N) is 2. The first kappa shape index (κ1) is 18.0. The lowest BCUT2D eigenvalue weighted by Crippen LogP contribution is -2.59. The molecule has 1 heterocycles. The molecular weight excluding hydrogens is 356 g/mol. The highest BCUT2D eigenvalue weighted by molar-refractivity contribution is 6.33. The van der Waals surface area contributed by atoms with Crippen LogP contribution in [0.1, 0.15) is 15.9 Å². The number of aryl methyl sites for hydroxylation is 1. The maximum absolute atomic E-state index is 12.8. The van der Waals surface area contributed by atoms with Crippen LogP contribution in [0.5, 0.6) is 0 Å². The van der Waals surface area contributed by atoms with Crippen molar-refractivity contribution in [2.24, 2.45) is 0 Å². The van der Waals surface area contributed by atoms with Gasteiger partial charge in [-0.15, -0.1) is 0 Å². The number of likely N-dealkylation sites (N-methyl/N-ethyl adjacent to an activating group) is 1. The largest absolute Gasteiger partial charge is 0.335 e. The molecule has 1 fully saturated rings. The molecule has 1 amide bonds. The standard InChI is InChI=1S/C23H23ClN2O/c1-15-7-10-22(24)21(11-15)20-6-4-5-16-12-17(8-9-19(16)20)23(27)26-13-18(14-26)25(2)3/h4-12,18H,13-14H2,1-3H3. The first-order valence-corrected chi connectivity index (χ1v) is 9.57. The van der Waals surface area contributed by atoms with Crippen molar-refractivity contribution in [3.8, 4) is 11.1 Å². The number of amides is 1. The van der Waals surface area contributed by atoms with E-state index < -0.39 is 0 Å². The zero-order valence-corrected chi connectivity index (χ0v) is 16.6. The minimum absolute atomic E-state index is 0.106. The summed E-state index contributed by atoms with van der Waals surface area (Å²) in [6.45, 7) is 3.65. The van der Waals surface area contributed by atoms with Crippen LogP contribution in [0.3, 0.4) is 0 Å². The van der Waals surface area contributed by atoms with Crippen molar-refractivity contribution in [2.75, 3.05) is 27.2 Å². The summed E-state index contributed by atoms with van der Waals surface area (Å²) in [7, 11) is 4.11. The predicted octanol–water partition coefficient (Wildman–Crippen LogP) is 4.85. The van der Waals surface area contributed by atoms with Gasteiger partial charge < -0.3 is 9.80 Å². The van der Waals surface area contributed by atoms with Gasteiger partial charge >= 0.3 is 0 Å². The van der Waals surface area contributed by atoms with Crippen molar-refractivity contribution in [3.63, 3.8) is 0 Å². The van der Waals surface area contributed by atoms with Crippen LogP contribution in [0.2, 0.25) is 5.02 Å². The number of carbonyl (C=O) groups is 1. The zero-order valence-electron chi connectivity index (χ0n) is 15.9. The third-order valence-electron chi connectivity index (χ3n) is 5.42. The van der Waals surface area contributed by atoms with Gasteiger partial charge in [-0.1, -0.05) is 47.5 Å². The third kappa shape index (κ3) is 3.33. The van der Waals surface area contributed by atoms with Gasteiger partial charge in [0, 0.05) is 35.3 Å². The Labute approximate surface area is 165 Å². The Morgan fingerprint density at radius 2 is 1.81 bits per heavy atom. The predicted molar refractivity (Wildman–Crippen MR) is 113 cm³/mol. The summed E-state index contributed by atoms with van der Waals surface area (Å²) in [4.78, 5) is 16.9. The number of halogens is 1. The van der Waals surface area contributed by atoms with Gasteiger partial charge in [-0.25, -0.2) is 0 Å². The van der Waals surface area contributed by atoms with Crippen molar-refractivity contribution in [1.82, 2.24) is 9.80 Å². The van der Waals surface area contributed by atoms with Crippen LogP contribution < -0.4 is 0 Å². The molecule has 0 radical (unpaired) electrons. The van der Waals surface area contributed by atoms with E-state index in [0.29, 0.717) is 6.04 Å². The number of hydrogen-bond donors (Lipinski definition) is 0. The van der Waals surface area contributed by atoms with Crippen molar-refractivity contribution in [2.45, 2.75) is 13.0 Å². The number of rotatable bonds is 3. The van der Waals surface area contributed by atoms with Crippen LogP contribution in [-0.4, -0.2) is 48.9 Å². The van der Waals surface area contributed by atoms with Gasteiger partial charge in [0.15, 0.2) is 0 Å². The van der Waals surface area contributed by atoms with Gasteiger partial charge in [-0.3, -0.25) is 4.79 Å². The molecule has 1 saturated heterocycles. The van der Waals surface area contributed by atoms with E-state index in [1.807, 2.05) is 41.3 Å². The molecule has 0 unspecified atom stereocenters. The number of hydrogen-bond acceptors (Lipinski definition) is 2. The molecule has 3 aromatic carbocycles. The summed E-state index contributed by atoms with van der Waals surface area (Å²) in [5, 5.41) is 2.90. The number of carbonyl (C=O) groups excluding carboxylic acids is 1. The molecule has 0 aliphatic carbocycles. The molecule has 1 aliphatic heterocycles. The molecule has 3 aromatic rings. The fourth-order valence-electron chi connectivity index (χ4n) is 3.63. The average Bonchev–Trinajstić information content (AvgIpc) is 2.61. The summed E-state index contributed by atoms with van der Waals surface area (Å²) in [6.07, 6.45) is 0. The second kappa shape index (κ2) is 6.99. The monoisotopic (exact) mass is 378 g/mol. The van der Waals surface area contributed by atoms with E-state index in [4.69, 9.17) is 11.6 Å². The smallest absolute Gasteiger partial charge is 0.253 e. The molecular formula is C23H23ClN2O. The Morgan fingerprint density at radius 3 is 2.56 bits per heavy atom. The quantitative estimate of drug-likeness (QED) is 0.650. The van der Waals surface area contributed by atoms with Gasteiger partial charge in [0.2, 0.25) is 0 Å². The second-order valence-electron chi connectivity index (χ2n) is 7.55. The van der Waals surface area contributed by atoms with Gasteiger partial charge in [0.1, 0.15) is 0 Å². The first-order valence-electron chi connectivity index (χ1n) is 9.19. The second-order valence-corrected chi connectivity index (χ2v) is 7.96. The molecule has 0 saturated carbocycles. The Morgan fingerprint density at radius 1 is 1.04 bits per heavy atom. The molecule has 27 heavy (non-hydrogen) atoms. The van der Waals surface area contributed by atoms with Crippen LogP contribution >= 0.6 is 11.6 Å². The summed E-state index contributed by atoms with van der Waals surface area (Å²) in [5.74, 6) is 0.106. The Balaban J connectivity index is 1.69. The van der Waals surface area contributed by atoms with E-state index in [0.717, 1.165) is 45.6 Å². The zero-order chi connectivity index (χ0) is 19.1. The van der Waals surface area contributed by atoms with Gasteiger partial charge in [0.05, 0.1) is 0 Å². The highest BCUT2D eigenvalue weighted by Crippen LogP contribution is 2.34. The summed E-state index contributed by atoms with van der Waals surface area (Å²) in [5.41, 5.74) is 4.04. The molecule has 3 nitrogen and oxygen atoms in total. The van der Waals surface area contributed by atoms with E-state index in [1.54, 1.807) is 0 Å². The maximum atomic E-state index is 12.8. The molecule has 0 atom stereocenters.